The van der Waals surface area contributed by atoms with Crippen molar-refractivity contribution in [3.63, 3.8) is 0 Å². The van der Waals surface area contributed by atoms with E-state index in [1.54, 1.807) is 6.08 Å². The maximum atomic E-state index is 12.2. The average Bonchev–Trinajstić information content (AvgIpc) is 2.76. The molecule has 0 aliphatic heterocycles. The largest absolute Gasteiger partial charge is 0.378 e. The van der Waals surface area contributed by atoms with Gasteiger partial charge in [-0.2, -0.15) is 0 Å². The molecule has 3 aromatic carbocycles. The first kappa shape index (κ1) is 20.5. The molecule has 31 heavy (non-hydrogen) atoms. The minimum atomic E-state index is -0.0497. The van der Waals surface area contributed by atoms with Crippen LogP contribution in [-0.4, -0.2) is 34.0 Å². The monoisotopic (exact) mass is 412 g/mol. The Morgan fingerprint density at radius 1 is 0.806 bits per heavy atom. The molecule has 1 atom stereocenters. The number of hydrogen-bond acceptors (Lipinski definition) is 5. The second-order valence-corrected chi connectivity index (χ2v) is 8.13. The molecule has 0 radical (unpaired) electrons. The highest BCUT2D eigenvalue weighted by Crippen LogP contribution is 2.34. The third-order valence-electron chi connectivity index (χ3n) is 5.46. The molecule has 0 bridgehead atoms. The van der Waals surface area contributed by atoms with Gasteiger partial charge < -0.3 is 20.4 Å². The van der Waals surface area contributed by atoms with Crippen LogP contribution in [0.4, 0.5) is 28.4 Å². The zero-order chi connectivity index (χ0) is 22.0. The van der Waals surface area contributed by atoms with Gasteiger partial charge in [-0.3, -0.25) is 4.79 Å². The fourth-order valence-electron chi connectivity index (χ4n) is 3.79. The molecule has 158 valence electrons. The third-order valence-corrected chi connectivity index (χ3v) is 5.46. The van der Waals surface area contributed by atoms with Gasteiger partial charge in [0.05, 0.1) is 17.4 Å². The smallest absolute Gasteiger partial charge is 0.185 e. The number of anilines is 5. The van der Waals surface area contributed by atoms with E-state index in [9.17, 15) is 4.79 Å². The van der Waals surface area contributed by atoms with Crippen LogP contribution in [0.25, 0.3) is 0 Å². The van der Waals surface area contributed by atoms with Crippen molar-refractivity contribution in [2.24, 2.45) is 0 Å². The molecule has 1 aliphatic carbocycles. The van der Waals surface area contributed by atoms with E-state index in [4.69, 9.17) is 0 Å². The molecular formula is C26H28N4O. The molecule has 5 nitrogen and oxygen atoms in total. The van der Waals surface area contributed by atoms with Crippen molar-refractivity contribution in [1.29, 1.82) is 0 Å². The number of ketones is 1. The first-order valence-electron chi connectivity index (χ1n) is 10.4. The van der Waals surface area contributed by atoms with Crippen LogP contribution < -0.4 is 20.4 Å². The van der Waals surface area contributed by atoms with E-state index >= 15 is 0 Å². The van der Waals surface area contributed by atoms with Crippen LogP contribution >= 0.6 is 0 Å². The van der Waals surface area contributed by atoms with Crippen molar-refractivity contribution in [3.05, 3.63) is 90.0 Å². The molecule has 0 fully saturated rings. The zero-order valence-corrected chi connectivity index (χ0v) is 18.4. The van der Waals surface area contributed by atoms with Gasteiger partial charge in [-0.15, -0.1) is 0 Å². The minimum Gasteiger partial charge on any atom is -0.378 e. The Bertz CT molecular complexity index is 1120. The number of nitrogens with zero attached hydrogens (tertiary/aromatic N) is 2. The Morgan fingerprint density at radius 2 is 1.52 bits per heavy atom. The molecule has 0 amide bonds. The summed E-state index contributed by atoms with van der Waals surface area (Å²) in [6, 6.07) is 22.4. The molecule has 5 heteroatoms. The molecule has 0 saturated carbocycles. The van der Waals surface area contributed by atoms with Crippen molar-refractivity contribution in [1.82, 2.24) is 0 Å². The van der Waals surface area contributed by atoms with Gasteiger partial charge >= 0.3 is 0 Å². The Balaban J connectivity index is 1.61. The maximum Gasteiger partial charge on any atom is 0.185 e. The zero-order valence-electron chi connectivity index (χ0n) is 18.4. The molecule has 0 heterocycles. The summed E-state index contributed by atoms with van der Waals surface area (Å²) < 4.78 is 0. The summed E-state index contributed by atoms with van der Waals surface area (Å²) in [5, 5.41) is 7.12. The summed E-state index contributed by atoms with van der Waals surface area (Å²) in [5.41, 5.74) is 7.03. The molecule has 0 saturated heterocycles. The Morgan fingerprint density at radius 3 is 2.23 bits per heavy atom. The first-order valence-corrected chi connectivity index (χ1v) is 10.4. The summed E-state index contributed by atoms with van der Waals surface area (Å²) in [7, 11) is 8.14. The highest BCUT2D eigenvalue weighted by Gasteiger charge is 2.20. The number of allylic oxidation sites excluding steroid dienone is 1. The standard InChI is InChI=1S/C26H28N4O/c1-29(2)20-12-9-18(10-13-20)27-24-17-19(11-15-25(24)30(3)4)28-23-14-16-26(31)22-8-6-5-7-21(22)23/h5-17,23,27-28H,1-4H3. The number of carbonyl (C=O) groups is 1. The minimum absolute atomic E-state index is 0.0497. The van der Waals surface area contributed by atoms with Crippen LogP contribution in [0.1, 0.15) is 22.0 Å². The lowest BCUT2D eigenvalue weighted by molar-refractivity contribution is 0.104. The van der Waals surface area contributed by atoms with Crippen molar-refractivity contribution < 1.29 is 4.79 Å². The van der Waals surface area contributed by atoms with Gasteiger partial charge in [-0.1, -0.05) is 30.3 Å². The van der Waals surface area contributed by atoms with Crippen LogP contribution in [0.2, 0.25) is 0 Å². The van der Waals surface area contributed by atoms with Gasteiger partial charge in [0.1, 0.15) is 0 Å². The quantitative estimate of drug-likeness (QED) is 0.562. The van der Waals surface area contributed by atoms with Crippen LogP contribution in [0.5, 0.6) is 0 Å². The van der Waals surface area contributed by atoms with Gasteiger partial charge in [-0.25, -0.2) is 0 Å². The van der Waals surface area contributed by atoms with Crippen molar-refractivity contribution in [2.45, 2.75) is 6.04 Å². The topological polar surface area (TPSA) is 47.6 Å². The molecule has 0 spiro atoms. The van der Waals surface area contributed by atoms with Crippen molar-refractivity contribution >= 4 is 34.2 Å². The lowest BCUT2D eigenvalue weighted by Gasteiger charge is -2.24. The maximum absolute atomic E-state index is 12.2. The van der Waals surface area contributed by atoms with Gasteiger partial charge in [0.25, 0.3) is 0 Å². The average molecular weight is 413 g/mol. The number of rotatable bonds is 6. The molecule has 4 rings (SSSR count). The number of carbonyl (C=O) groups excluding carboxylic acids is 1. The number of fused-ring (bicyclic) bond motifs is 1. The summed E-state index contributed by atoms with van der Waals surface area (Å²) in [6.45, 7) is 0. The second-order valence-electron chi connectivity index (χ2n) is 8.13. The molecular weight excluding hydrogens is 384 g/mol. The summed E-state index contributed by atoms with van der Waals surface area (Å²) in [4.78, 5) is 16.4. The van der Waals surface area contributed by atoms with Crippen LogP contribution in [-0.2, 0) is 0 Å². The lowest BCUT2D eigenvalue weighted by atomic mass is 9.92. The highest BCUT2D eigenvalue weighted by molar-refractivity contribution is 6.07. The van der Waals surface area contributed by atoms with Crippen LogP contribution in [0.15, 0.2) is 78.9 Å². The van der Waals surface area contributed by atoms with Gasteiger partial charge in [0.2, 0.25) is 0 Å². The van der Waals surface area contributed by atoms with Gasteiger partial charge in [0.15, 0.2) is 5.78 Å². The second kappa shape index (κ2) is 8.56. The van der Waals surface area contributed by atoms with Crippen molar-refractivity contribution in [3.8, 4) is 0 Å². The van der Waals surface area contributed by atoms with E-state index in [0.717, 1.165) is 39.6 Å². The van der Waals surface area contributed by atoms with E-state index in [1.165, 1.54) is 0 Å². The van der Waals surface area contributed by atoms with Crippen LogP contribution in [0, 0.1) is 0 Å². The summed E-state index contributed by atoms with van der Waals surface area (Å²) in [5.74, 6) is 0.0557. The Kier molecular flexibility index (Phi) is 5.67. The number of hydrogen-bond donors (Lipinski definition) is 2. The molecule has 1 aliphatic rings. The molecule has 0 aromatic heterocycles. The fraction of sp³-hybridized carbons (Fsp3) is 0.192. The number of nitrogens with one attached hydrogen (secondary N) is 2. The predicted octanol–water partition coefficient (Wildman–Crippen LogP) is 5.47. The molecule has 2 N–H and O–H groups in total. The lowest BCUT2D eigenvalue weighted by Crippen LogP contribution is -2.17. The van der Waals surface area contributed by atoms with Crippen LogP contribution in [0.3, 0.4) is 0 Å². The summed E-state index contributed by atoms with van der Waals surface area (Å²) in [6.07, 6.45) is 3.58. The van der Waals surface area contributed by atoms with E-state index in [-0.39, 0.29) is 11.8 Å². The van der Waals surface area contributed by atoms with Gasteiger partial charge in [-0.05, 0) is 54.1 Å². The normalized spacial score (nSPS) is 14.7. The molecule has 1 unspecified atom stereocenters. The van der Waals surface area contributed by atoms with E-state index < -0.39 is 0 Å². The van der Waals surface area contributed by atoms with E-state index in [2.05, 4.69) is 62.9 Å². The Labute approximate surface area is 184 Å². The number of benzene rings is 3. The predicted molar refractivity (Wildman–Crippen MR) is 131 cm³/mol. The summed E-state index contributed by atoms with van der Waals surface area (Å²) >= 11 is 0. The van der Waals surface area contributed by atoms with Gasteiger partial charge in [0, 0.05) is 50.8 Å². The SMILES string of the molecule is CN(C)c1ccc(Nc2cc(NC3C=CC(=O)c4ccccc43)ccc2N(C)C)cc1. The van der Waals surface area contributed by atoms with E-state index in [1.807, 2.05) is 58.5 Å². The third kappa shape index (κ3) is 4.40. The fourth-order valence-corrected chi connectivity index (χ4v) is 3.79. The highest BCUT2D eigenvalue weighted by atomic mass is 16.1. The van der Waals surface area contributed by atoms with E-state index in [0.29, 0.717) is 0 Å². The van der Waals surface area contributed by atoms with Crippen molar-refractivity contribution in [2.75, 3.05) is 48.6 Å². The molecule has 3 aromatic rings. The Hall–Kier alpha value is -3.73. The first-order chi connectivity index (χ1) is 14.9.